The Morgan fingerprint density at radius 2 is 1.53 bits per heavy atom. The Kier molecular flexibility index (Phi) is 11.1. The van der Waals surface area contributed by atoms with E-state index in [0.717, 1.165) is 58.0 Å². The third kappa shape index (κ3) is 8.70. The van der Waals surface area contributed by atoms with Gasteiger partial charge in [-0.3, -0.25) is 4.90 Å². The topological polar surface area (TPSA) is 39.3 Å². The van der Waals surface area contributed by atoms with Crippen molar-refractivity contribution in [1.82, 2.24) is 19.6 Å². The summed E-state index contributed by atoms with van der Waals surface area (Å²) >= 11 is 1.89. The van der Waals surface area contributed by atoms with Crippen LogP contribution in [0, 0.1) is 5.92 Å². The van der Waals surface area contributed by atoms with E-state index in [4.69, 9.17) is 4.74 Å². The van der Waals surface area contributed by atoms with Crippen molar-refractivity contribution in [3.05, 3.63) is 22.6 Å². The fourth-order valence-electron chi connectivity index (χ4n) is 5.75. The highest BCUT2D eigenvalue weighted by Gasteiger charge is 2.35. The zero-order chi connectivity index (χ0) is 26.3. The molecule has 0 unspecified atom stereocenters. The molecule has 3 rings (SSSR count). The molecular weight excluding hydrogens is 468 g/mol. The van der Waals surface area contributed by atoms with E-state index in [-0.39, 0.29) is 6.09 Å². The maximum atomic E-state index is 12.6. The number of nitrogens with zero attached hydrogens (tertiary/aromatic N) is 4. The SMILES string of the molecule is C=C(S/C(=C\C)CN1CCN(CC)CC1)N(C1CCC(C)CC1)C1CCN(C(=O)OC(C)(C)C)CC1. The van der Waals surface area contributed by atoms with Crippen molar-refractivity contribution in [3.8, 4) is 0 Å². The molecule has 1 aliphatic carbocycles. The second-order valence-electron chi connectivity index (χ2n) is 12.0. The molecule has 3 aliphatic rings. The monoisotopic (exact) mass is 520 g/mol. The Balaban J connectivity index is 1.62. The van der Waals surface area contributed by atoms with Crippen LogP contribution in [0.4, 0.5) is 4.79 Å². The number of hydrogen-bond acceptors (Lipinski definition) is 6. The molecule has 0 spiro atoms. The van der Waals surface area contributed by atoms with E-state index in [2.05, 4.69) is 48.1 Å². The predicted octanol–water partition coefficient (Wildman–Crippen LogP) is 6.01. The maximum absolute atomic E-state index is 12.6. The van der Waals surface area contributed by atoms with Gasteiger partial charge in [0.25, 0.3) is 0 Å². The van der Waals surface area contributed by atoms with Crippen molar-refractivity contribution >= 4 is 17.9 Å². The summed E-state index contributed by atoms with van der Waals surface area (Å²) in [6.45, 7) is 25.6. The first-order valence-corrected chi connectivity index (χ1v) is 15.1. The van der Waals surface area contributed by atoms with Crippen molar-refractivity contribution < 1.29 is 9.53 Å². The van der Waals surface area contributed by atoms with Gasteiger partial charge in [0.2, 0.25) is 0 Å². The van der Waals surface area contributed by atoms with Crippen molar-refractivity contribution in [3.63, 3.8) is 0 Å². The highest BCUT2D eigenvalue weighted by Crippen LogP contribution is 2.38. The van der Waals surface area contributed by atoms with Crippen LogP contribution in [0.2, 0.25) is 0 Å². The van der Waals surface area contributed by atoms with Gasteiger partial charge in [0, 0.05) is 62.8 Å². The van der Waals surface area contributed by atoms with Crippen molar-refractivity contribution in [2.75, 3.05) is 52.4 Å². The van der Waals surface area contributed by atoms with Gasteiger partial charge in [-0.1, -0.05) is 38.3 Å². The highest BCUT2D eigenvalue weighted by molar-refractivity contribution is 8.06. The number of carbonyl (C=O) groups is 1. The van der Waals surface area contributed by atoms with Crippen LogP contribution in [0.25, 0.3) is 0 Å². The number of likely N-dealkylation sites (tertiary alicyclic amines) is 1. The van der Waals surface area contributed by atoms with E-state index in [1.165, 1.54) is 48.7 Å². The van der Waals surface area contributed by atoms with Gasteiger partial charge in [-0.15, -0.1) is 0 Å². The fourth-order valence-corrected chi connectivity index (χ4v) is 6.82. The molecule has 1 saturated carbocycles. The molecule has 7 heteroatoms. The van der Waals surface area contributed by atoms with E-state index in [0.29, 0.717) is 12.1 Å². The molecule has 2 heterocycles. The molecule has 2 aliphatic heterocycles. The van der Waals surface area contributed by atoms with Gasteiger partial charge in [-0.2, -0.15) is 0 Å². The number of carbonyl (C=O) groups excluding carboxylic acids is 1. The average molecular weight is 521 g/mol. The van der Waals surface area contributed by atoms with E-state index >= 15 is 0 Å². The Bertz CT molecular complexity index is 741. The molecule has 0 aromatic heterocycles. The molecule has 2 saturated heterocycles. The second-order valence-corrected chi connectivity index (χ2v) is 13.2. The number of ether oxygens (including phenoxy) is 1. The van der Waals surface area contributed by atoms with Gasteiger partial charge < -0.3 is 19.4 Å². The van der Waals surface area contributed by atoms with Crippen molar-refractivity contribution in [1.29, 1.82) is 0 Å². The minimum atomic E-state index is -0.449. The van der Waals surface area contributed by atoms with Gasteiger partial charge in [-0.25, -0.2) is 4.79 Å². The van der Waals surface area contributed by atoms with E-state index < -0.39 is 5.60 Å². The van der Waals surface area contributed by atoms with Gasteiger partial charge in [0.05, 0.1) is 5.03 Å². The molecule has 3 fully saturated rings. The number of piperidine rings is 1. The summed E-state index contributed by atoms with van der Waals surface area (Å²) in [7, 11) is 0. The molecule has 0 atom stereocenters. The van der Waals surface area contributed by atoms with E-state index in [9.17, 15) is 4.79 Å². The average Bonchev–Trinajstić information content (AvgIpc) is 2.84. The van der Waals surface area contributed by atoms with Crippen molar-refractivity contribution in [2.24, 2.45) is 5.92 Å². The lowest BCUT2D eigenvalue weighted by Crippen LogP contribution is -2.50. The molecule has 6 nitrogen and oxygen atoms in total. The quantitative estimate of drug-likeness (QED) is 0.390. The van der Waals surface area contributed by atoms with Crippen LogP contribution in [-0.2, 0) is 4.74 Å². The van der Waals surface area contributed by atoms with Crippen LogP contribution in [0.15, 0.2) is 22.6 Å². The predicted molar refractivity (Wildman–Crippen MR) is 153 cm³/mol. The lowest BCUT2D eigenvalue weighted by molar-refractivity contribution is 0.0133. The molecule has 206 valence electrons. The zero-order valence-corrected chi connectivity index (χ0v) is 24.7. The van der Waals surface area contributed by atoms with Crippen molar-refractivity contribution in [2.45, 2.75) is 97.8 Å². The van der Waals surface area contributed by atoms with Crippen LogP contribution < -0.4 is 0 Å². The summed E-state index contributed by atoms with van der Waals surface area (Å²) in [5.41, 5.74) is -0.449. The molecular formula is C29H52N4O2S. The molecule has 0 N–H and O–H groups in total. The molecule has 1 amide bonds. The number of piperazine rings is 1. The lowest BCUT2D eigenvalue weighted by atomic mass is 9.85. The molecule has 0 aromatic carbocycles. The largest absolute Gasteiger partial charge is 0.444 e. The van der Waals surface area contributed by atoms with Crippen LogP contribution >= 0.6 is 11.8 Å². The summed E-state index contributed by atoms with van der Waals surface area (Å²) in [5, 5.41) is 1.20. The Labute approximate surface area is 225 Å². The number of likely N-dealkylation sites (N-methyl/N-ethyl adjacent to an activating group) is 1. The normalized spacial score (nSPS) is 25.6. The van der Waals surface area contributed by atoms with Crippen LogP contribution in [0.3, 0.4) is 0 Å². The van der Waals surface area contributed by atoms with Gasteiger partial charge in [0.1, 0.15) is 5.60 Å². The smallest absolute Gasteiger partial charge is 0.410 e. The number of allylic oxidation sites excluding steroid dienone is 1. The minimum Gasteiger partial charge on any atom is -0.444 e. The first-order chi connectivity index (χ1) is 17.1. The standard InChI is InChI=1S/C29H52N4O2S/c1-8-27(22-31-20-18-30(9-2)19-21-31)36-24(4)33(25-12-10-23(3)11-13-25)26-14-16-32(17-15-26)28(34)35-29(5,6)7/h8,23,25-26H,4,9-22H2,1-3,5-7H3/b27-8-. The Hall–Kier alpha value is -1.18. The van der Waals surface area contributed by atoms with Gasteiger partial charge in [0.15, 0.2) is 0 Å². The zero-order valence-electron chi connectivity index (χ0n) is 23.9. The van der Waals surface area contributed by atoms with Gasteiger partial charge in [-0.05, 0) is 78.7 Å². The maximum Gasteiger partial charge on any atom is 0.410 e. The molecule has 0 radical (unpaired) electrons. The minimum absolute atomic E-state index is 0.174. The first-order valence-electron chi connectivity index (χ1n) is 14.3. The highest BCUT2D eigenvalue weighted by atomic mass is 32.2. The van der Waals surface area contributed by atoms with Gasteiger partial charge >= 0.3 is 6.09 Å². The third-order valence-corrected chi connectivity index (χ3v) is 9.11. The summed E-state index contributed by atoms with van der Waals surface area (Å²) in [4.78, 5) is 23.7. The third-order valence-electron chi connectivity index (χ3n) is 8.04. The fraction of sp³-hybridized carbons (Fsp3) is 0.828. The number of hydrogen-bond donors (Lipinski definition) is 0. The molecule has 0 bridgehead atoms. The summed E-state index contributed by atoms with van der Waals surface area (Å²) < 4.78 is 5.64. The van der Waals surface area contributed by atoms with E-state index in [1.807, 2.05) is 37.4 Å². The molecule has 0 aromatic rings. The number of rotatable bonds is 8. The summed E-state index contributed by atoms with van der Waals surface area (Å²) in [5.74, 6) is 0.825. The Morgan fingerprint density at radius 1 is 0.972 bits per heavy atom. The number of amides is 1. The molecule has 36 heavy (non-hydrogen) atoms. The van der Waals surface area contributed by atoms with Crippen LogP contribution in [0.1, 0.15) is 80.1 Å². The first kappa shape index (κ1) is 29.4. The summed E-state index contributed by atoms with van der Waals surface area (Å²) in [6, 6.07) is 0.999. The van der Waals surface area contributed by atoms with Crippen LogP contribution in [-0.4, -0.2) is 95.7 Å². The lowest BCUT2D eigenvalue weighted by Gasteiger charge is -2.46. The second kappa shape index (κ2) is 13.6. The van der Waals surface area contributed by atoms with E-state index in [1.54, 1.807) is 0 Å². The Morgan fingerprint density at radius 3 is 2.06 bits per heavy atom. The number of thioether (sulfide) groups is 1. The van der Waals surface area contributed by atoms with Crippen LogP contribution in [0.5, 0.6) is 0 Å². The summed E-state index contributed by atoms with van der Waals surface area (Å²) in [6.07, 6.45) is 9.17.